The minimum atomic E-state index is 0.399. The molecule has 0 saturated carbocycles. The van der Waals surface area contributed by atoms with Gasteiger partial charge in [0.15, 0.2) is 0 Å². The summed E-state index contributed by atoms with van der Waals surface area (Å²) in [5, 5.41) is 2.52. The van der Waals surface area contributed by atoms with Crippen molar-refractivity contribution in [3.63, 3.8) is 0 Å². The number of nitrogens with zero attached hydrogens (tertiary/aromatic N) is 2. The van der Waals surface area contributed by atoms with Crippen LogP contribution >= 0.6 is 0 Å². The largest absolute Gasteiger partial charge is 0.314 e. The molecule has 0 aliphatic heterocycles. The summed E-state index contributed by atoms with van der Waals surface area (Å²) in [7, 11) is 0. The van der Waals surface area contributed by atoms with Crippen LogP contribution < -0.4 is 4.90 Å². The molecule has 2 heteroatoms. The van der Waals surface area contributed by atoms with Gasteiger partial charge in [-0.05, 0) is 94.6 Å². The van der Waals surface area contributed by atoms with E-state index in [1.165, 1.54) is 66.7 Å². The maximum atomic E-state index is 2.47. The van der Waals surface area contributed by atoms with Crippen LogP contribution in [-0.2, 0) is 0 Å². The maximum Gasteiger partial charge on any atom is 0.0561 e. The average Bonchev–Trinajstić information content (AvgIpc) is 3.53. The standard InChI is InChI=1S/C50H42N2/c1-35-11-10-15-44(33-35)51(42-29-25-41(26-30-42)46-16-7-6-12-36(46)2)45-31-32-48-47-17-8-9-18-49(47)52(50(48)34-45)43-27-23-40(24-28-43)39-21-19-38(20-22-39)37-13-4-3-5-14-37/h3-32,34-36,46H,33H2,1-2H3. The fraction of sp³-hybridized carbons (Fsp3) is 0.120. The van der Waals surface area contributed by atoms with Gasteiger partial charge in [0.2, 0.25) is 0 Å². The van der Waals surface area contributed by atoms with Crippen LogP contribution in [0.5, 0.6) is 0 Å². The van der Waals surface area contributed by atoms with Gasteiger partial charge in [-0.3, -0.25) is 0 Å². The number of benzene rings is 6. The quantitative estimate of drug-likeness (QED) is 0.164. The second-order valence-electron chi connectivity index (χ2n) is 14.4. The van der Waals surface area contributed by atoms with E-state index >= 15 is 0 Å². The first-order valence-corrected chi connectivity index (χ1v) is 18.5. The number of anilines is 2. The number of hydrogen-bond acceptors (Lipinski definition) is 1. The van der Waals surface area contributed by atoms with Crippen molar-refractivity contribution >= 4 is 33.2 Å². The highest BCUT2D eigenvalue weighted by Crippen LogP contribution is 2.40. The Morgan fingerprint density at radius 1 is 0.519 bits per heavy atom. The van der Waals surface area contributed by atoms with Crippen molar-refractivity contribution in [1.29, 1.82) is 0 Å². The number of hydrogen-bond donors (Lipinski definition) is 0. The Labute approximate surface area is 307 Å². The molecular weight excluding hydrogens is 629 g/mol. The SMILES string of the molecule is CC1C=CC=C(N(c2ccc(C3C=CC=CC3C)cc2)c2ccc3c4ccccc4n(-c4ccc(-c5ccc(-c6ccccc6)cc5)cc4)c3c2)C1. The molecular formula is C50H42N2. The first-order valence-electron chi connectivity index (χ1n) is 18.5. The molecule has 9 rings (SSSR count). The first kappa shape index (κ1) is 31.8. The molecule has 0 saturated heterocycles. The highest BCUT2D eigenvalue weighted by Gasteiger charge is 2.22. The van der Waals surface area contributed by atoms with Crippen molar-refractivity contribution in [2.75, 3.05) is 4.90 Å². The summed E-state index contributed by atoms with van der Waals surface area (Å²) in [5.74, 6) is 1.36. The van der Waals surface area contributed by atoms with Crippen molar-refractivity contribution in [3.8, 4) is 27.9 Å². The minimum absolute atomic E-state index is 0.399. The Morgan fingerprint density at radius 2 is 1.13 bits per heavy atom. The van der Waals surface area contributed by atoms with Crippen LogP contribution in [0.15, 0.2) is 194 Å². The number of rotatable bonds is 7. The molecule has 0 spiro atoms. The molecule has 1 aromatic heterocycles. The van der Waals surface area contributed by atoms with Gasteiger partial charge < -0.3 is 9.47 Å². The molecule has 3 atom stereocenters. The third-order valence-electron chi connectivity index (χ3n) is 10.9. The van der Waals surface area contributed by atoms with Crippen molar-refractivity contribution in [3.05, 3.63) is 199 Å². The molecule has 52 heavy (non-hydrogen) atoms. The van der Waals surface area contributed by atoms with Gasteiger partial charge >= 0.3 is 0 Å². The van der Waals surface area contributed by atoms with E-state index in [2.05, 4.69) is 211 Å². The normalized spacial score (nSPS) is 18.2. The van der Waals surface area contributed by atoms with E-state index in [9.17, 15) is 0 Å². The van der Waals surface area contributed by atoms with Crippen LogP contribution in [0, 0.1) is 11.8 Å². The van der Waals surface area contributed by atoms with E-state index in [-0.39, 0.29) is 0 Å². The number of aromatic nitrogens is 1. The monoisotopic (exact) mass is 670 g/mol. The Kier molecular flexibility index (Phi) is 8.29. The van der Waals surface area contributed by atoms with Gasteiger partial charge in [0.25, 0.3) is 0 Å². The van der Waals surface area contributed by atoms with Gasteiger partial charge in [-0.15, -0.1) is 0 Å². The third-order valence-corrected chi connectivity index (χ3v) is 10.9. The molecule has 0 bridgehead atoms. The van der Waals surface area contributed by atoms with Crippen LogP contribution in [0.25, 0.3) is 49.7 Å². The zero-order valence-electron chi connectivity index (χ0n) is 29.7. The smallest absolute Gasteiger partial charge is 0.0561 e. The predicted octanol–water partition coefficient (Wildman–Crippen LogP) is 13.6. The van der Waals surface area contributed by atoms with Crippen molar-refractivity contribution in [2.24, 2.45) is 11.8 Å². The van der Waals surface area contributed by atoms with Gasteiger partial charge in [-0.1, -0.05) is 153 Å². The molecule has 6 aromatic carbocycles. The van der Waals surface area contributed by atoms with Crippen LogP contribution in [0.1, 0.15) is 31.7 Å². The summed E-state index contributed by atoms with van der Waals surface area (Å²) < 4.78 is 2.43. The van der Waals surface area contributed by atoms with Crippen molar-refractivity contribution in [2.45, 2.75) is 26.2 Å². The van der Waals surface area contributed by atoms with E-state index in [4.69, 9.17) is 0 Å². The van der Waals surface area contributed by atoms with Crippen LogP contribution in [0.3, 0.4) is 0 Å². The van der Waals surface area contributed by atoms with Gasteiger partial charge in [0.05, 0.1) is 11.0 Å². The summed E-state index contributed by atoms with van der Waals surface area (Å²) >= 11 is 0. The molecule has 7 aromatic rings. The van der Waals surface area contributed by atoms with Gasteiger partial charge in [0.1, 0.15) is 0 Å². The van der Waals surface area contributed by atoms with E-state index in [1.54, 1.807) is 0 Å². The van der Waals surface area contributed by atoms with Crippen LogP contribution in [-0.4, -0.2) is 4.57 Å². The van der Waals surface area contributed by atoms with E-state index in [0.29, 0.717) is 17.8 Å². The number of para-hydroxylation sites is 1. The molecule has 0 N–H and O–H groups in total. The third kappa shape index (κ3) is 5.91. The zero-order valence-corrected chi connectivity index (χ0v) is 29.7. The molecule has 2 aliphatic rings. The lowest BCUT2D eigenvalue weighted by molar-refractivity contribution is 0.635. The van der Waals surface area contributed by atoms with Crippen molar-refractivity contribution < 1.29 is 0 Å². The molecule has 2 nitrogen and oxygen atoms in total. The summed E-state index contributed by atoms with van der Waals surface area (Å²) in [4.78, 5) is 2.47. The number of fused-ring (bicyclic) bond motifs is 3. The number of allylic oxidation sites excluding steroid dienone is 8. The molecule has 0 fully saturated rings. The fourth-order valence-electron chi connectivity index (χ4n) is 8.11. The Morgan fingerprint density at radius 3 is 1.85 bits per heavy atom. The molecule has 0 amide bonds. The first-order chi connectivity index (χ1) is 25.6. The van der Waals surface area contributed by atoms with E-state index < -0.39 is 0 Å². The van der Waals surface area contributed by atoms with Crippen LogP contribution in [0.4, 0.5) is 11.4 Å². The van der Waals surface area contributed by atoms with Gasteiger partial charge in [0, 0.05) is 39.4 Å². The minimum Gasteiger partial charge on any atom is -0.314 e. The van der Waals surface area contributed by atoms with Crippen LogP contribution in [0.2, 0.25) is 0 Å². The topological polar surface area (TPSA) is 8.17 Å². The second-order valence-corrected chi connectivity index (χ2v) is 14.4. The summed E-state index contributed by atoms with van der Waals surface area (Å²) in [6, 6.07) is 53.5. The second kappa shape index (κ2) is 13.5. The lowest BCUT2D eigenvalue weighted by Gasteiger charge is -2.31. The lowest BCUT2D eigenvalue weighted by atomic mass is 9.84. The lowest BCUT2D eigenvalue weighted by Crippen LogP contribution is -2.19. The summed E-state index contributed by atoms with van der Waals surface area (Å²) in [6.07, 6.45) is 16.8. The Hall–Kier alpha value is -6.12. The highest BCUT2D eigenvalue weighted by molar-refractivity contribution is 6.10. The highest BCUT2D eigenvalue weighted by atomic mass is 15.2. The summed E-state index contributed by atoms with van der Waals surface area (Å²) in [5.41, 5.74) is 13.5. The Balaban J connectivity index is 1.12. The molecule has 0 radical (unpaired) electrons. The summed E-state index contributed by atoms with van der Waals surface area (Å²) in [6.45, 7) is 4.61. The fourth-order valence-corrected chi connectivity index (χ4v) is 8.11. The van der Waals surface area contributed by atoms with E-state index in [1.807, 2.05) is 0 Å². The van der Waals surface area contributed by atoms with Gasteiger partial charge in [-0.2, -0.15) is 0 Å². The molecule has 1 heterocycles. The van der Waals surface area contributed by atoms with Gasteiger partial charge in [-0.25, -0.2) is 0 Å². The molecule has 3 unspecified atom stereocenters. The Bertz CT molecular complexity index is 2490. The van der Waals surface area contributed by atoms with Crippen molar-refractivity contribution in [1.82, 2.24) is 4.57 Å². The zero-order chi connectivity index (χ0) is 35.0. The average molecular weight is 671 g/mol. The molecule has 252 valence electrons. The molecule has 2 aliphatic carbocycles. The maximum absolute atomic E-state index is 2.47. The predicted molar refractivity (Wildman–Crippen MR) is 221 cm³/mol. The van der Waals surface area contributed by atoms with E-state index in [0.717, 1.165) is 12.1 Å².